The van der Waals surface area contributed by atoms with E-state index in [-0.39, 0.29) is 17.2 Å². The first-order chi connectivity index (χ1) is 8.56. The van der Waals surface area contributed by atoms with E-state index >= 15 is 0 Å². The van der Waals surface area contributed by atoms with Crippen LogP contribution >= 0.6 is 11.8 Å². The van der Waals surface area contributed by atoms with E-state index < -0.39 is 0 Å². The van der Waals surface area contributed by atoms with Crippen molar-refractivity contribution in [1.29, 1.82) is 0 Å². The van der Waals surface area contributed by atoms with Crippen molar-refractivity contribution in [3.63, 3.8) is 0 Å². The fraction of sp³-hybridized carbons (Fsp3) is 0.429. The van der Waals surface area contributed by atoms with Crippen molar-refractivity contribution in [3.05, 3.63) is 29.8 Å². The van der Waals surface area contributed by atoms with Gasteiger partial charge in [-0.2, -0.15) is 0 Å². The first-order valence-corrected chi connectivity index (χ1v) is 6.97. The van der Waals surface area contributed by atoms with E-state index in [4.69, 9.17) is 0 Å². The molecule has 0 spiro atoms. The average molecular weight is 265 g/mol. The molecule has 0 radical (unpaired) electrons. The number of carbonyl (C=O) groups excluding carboxylic acids is 2. The summed E-state index contributed by atoms with van der Waals surface area (Å²) in [4.78, 5) is 23.5. The van der Waals surface area contributed by atoms with Crippen LogP contribution in [0, 0.1) is 0 Å². The van der Waals surface area contributed by atoms with Gasteiger partial charge >= 0.3 is 0 Å². The average Bonchev–Trinajstić information content (AvgIpc) is 2.38. The van der Waals surface area contributed by atoms with E-state index in [0.717, 1.165) is 17.6 Å². The maximum absolute atomic E-state index is 11.9. The van der Waals surface area contributed by atoms with Crippen LogP contribution in [-0.4, -0.2) is 23.5 Å². The fourth-order valence-corrected chi connectivity index (χ4v) is 2.33. The Morgan fingerprint density at radius 2 is 2.17 bits per heavy atom. The summed E-state index contributed by atoms with van der Waals surface area (Å²) in [6.07, 6.45) is 1.73. The molecule has 4 heteroatoms. The van der Waals surface area contributed by atoms with Crippen LogP contribution < -0.4 is 5.32 Å². The molecule has 0 fully saturated rings. The molecule has 98 valence electrons. The van der Waals surface area contributed by atoms with Crippen molar-refractivity contribution in [1.82, 2.24) is 5.32 Å². The molecule has 18 heavy (non-hydrogen) atoms. The Hall–Kier alpha value is -1.29. The molecular formula is C14H19NO2S. The maximum atomic E-state index is 11.9. The molecule has 0 aliphatic rings. The van der Waals surface area contributed by atoms with Gasteiger partial charge in [-0.15, -0.1) is 11.8 Å². The van der Waals surface area contributed by atoms with E-state index in [1.165, 1.54) is 11.8 Å². The molecule has 1 aromatic rings. The van der Waals surface area contributed by atoms with Gasteiger partial charge in [0.25, 0.3) is 0 Å². The minimum Gasteiger partial charge on any atom is -0.353 e. The van der Waals surface area contributed by atoms with Gasteiger partial charge < -0.3 is 5.32 Å². The quantitative estimate of drug-likeness (QED) is 0.635. The predicted octanol–water partition coefficient (Wildman–Crippen LogP) is 2.89. The highest BCUT2D eigenvalue weighted by molar-refractivity contribution is 8.00. The van der Waals surface area contributed by atoms with E-state index in [9.17, 15) is 9.59 Å². The summed E-state index contributed by atoms with van der Waals surface area (Å²) in [6, 6.07) is 7.48. The van der Waals surface area contributed by atoms with Crippen LogP contribution in [-0.2, 0) is 4.79 Å². The van der Waals surface area contributed by atoms with Crippen molar-refractivity contribution in [2.75, 3.05) is 0 Å². The number of rotatable bonds is 6. The molecule has 0 aliphatic carbocycles. The number of hydrogen-bond donors (Lipinski definition) is 1. The molecule has 0 aliphatic heterocycles. The summed E-state index contributed by atoms with van der Waals surface area (Å²) in [7, 11) is 0. The van der Waals surface area contributed by atoms with E-state index in [0.29, 0.717) is 5.56 Å². The van der Waals surface area contributed by atoms with Crippen LogP contribution in [0.1, 0.15) is 37.6 Å². The highest BCUT2D eigenvalue weighted by Gasteiger charge is 2.15. The molecule has 1 amide bonds. The van der Waals surface area contributed by atoms with Crippen LogP contribution in [0.5, 0.6) is 0 Å². The van der Waals surface area contributed by atoms with Gasteiger partial charge in [-0.05, 0) is 32.4 Å². The molecule has 0 bridgehead atoms. The van der Waals surface area contributed by atoms with Gasteiger partial charge in [0.1, 0.15) is 6.29 Å². The van der Waals surface area contributed by atoms with Crippen LogP contribution in [0.3, 0.4) is 0 Å². The third kappa shape index (κ3) is 4.53. The Morgan fingerprint density at radius 1 is 1.44 bits per heavy atom. The molecule has 1 rings (SSSR count). The standard InChI is InChI=1S/C14H19NO2S/c1-4-10(2)15-14(17)11(3)18-13-7-5-6-12(8-13)9-16/h5-11H,4H2,1-3H3,(H,15,17). The number of hydrogen-bond acceptors (Lipinski definition) is 3. The zero-order chi connectivity index (χ0) is 13.5. The second-order valence-electron chi connectivity index (χ2n) is 4.27. The molecule has 1 N–H and O–H groups in total. The zero-order valence-corrected chi connectivity index (χ0v) is 11.8. The number of nitrogens with one attached hydrogen (secondary N) is 1. The fourth-order valence-electron chi connectivity index (χ4n) is 1.38. The largest absolute Gasteiger partial charge is 0.353 e. The Morgan fingerprint density at radius 3 is 2.78 bits per heavy atom. The zero-order valence-electron chi connectivity index (χ0n) is 11.0. The topological polar surface area (TPSA) is 46.2 Å². The molecule has 0 saturated carbocycles. The molecular weight excluding hydrogens is 246 g/mol. The second-order valence-corrected chi connectivity index (χ2v) is 5.68. The number of benzene rings is 1. The van der Waals surface area contributed by atoms with Gasteiger partial charge in [0, 0.05) is 16.5 Å². The van der Waals surface area contributed by atoms with Crippen molar-refractivity contribution in [3.8, 4) is 0 Å². The molecule has 2 unspecified atom stereocenters. The smallest absolute Gasteiger partial charge is 0.233 e. The molecule has 2 atom stereocenters. The van der Waals surface area contributed by atoms with Gasteiger partial charge in [0.05, 0.1) is 5.25 Å². The summed E-state index contributed by atoms with van der Waals surface area (Å²) in [5, 5.41) is 2.78. The third-order valence-electron chi connectivity index (χ3n) is 2.68. The lowest BCUT2D eigenvalue weighted by Gasteiger charge is -2.16. The molecule has 0 aromatic heterocycles. The first-order valence-electron chi connectivity index (χ1n) is 6.09. The monoisotopic (exact) mass is 265 g/mol. The summed E-state index contributed by atoms with van der Waals surface area (Å²) in [5.41, 5.74) is 0.634. The van der Waals surface area contributed by atoms with Crippen molar-refractivity contribution < 1.29 is 9.59 Å². The van der Waals surface area contributed by atoms with Crippen LogP contribution in [0.4, 0.5) is 0 Å². The molecule has 0 heterocycles. The highest BCUT2D eigenvalue weighted by atomic mass is 32.2. The van der Waals surface area contributed by atoms with Crippen molar-refractivity contribution >= 4 is 24.0 Å². The minimum absolute atomic E-state index is 0.0332. The number of thioether (sulfide) groups is 1. The van der Waals surface area contributed by atoms with Gasteiger partial charge in [0.2, 0.25) is 5.91 Å². The van der Waals surface area contributed by atoms with Crippen molar-refractivity contribution in [2.24, 2.45) is 0 Å². The van der Waals surface area contributed by atoms with Gasteiger partial charge in [0.15, 0.2) is 0 Å². The van der Waals surface area contributed by atoms with Gasteiger partial charge in [-0.3, -0.25) is 9.59 Å². The van der Waals surface area contributed by atoms with E-state index in [2.05, 4.69) is 5.32 Å². The SMILES string of the molecule is CCC(C)NC(=O)C(C)Sc1cccc(C=O)c1. The van der Waals surface area contributed by atoms with E-state index in [1.54, 1.807) is 12.1 Å². The Labute approximate surface area is 112 Å². The lowest BCUT2D eigenvalue weighted by atomic mass is 10.2. The first kappa shape index (κ1) is 14.8. The number of carbonyl (C=O) groups is 2. The summed E-state index contributed by atoms with van der Waals surface area (Å²) in [5.74, 6) is 0.0332. The van der Waals surface area contributed by atoms with E-state index in [1.807, 2.05) is 32.9 Å². The van der Waals surface area contributed by atoms with Crippen LogP contribution in [0.25, 0.3) is 0 Å². The minimum atomic E-state index is -0.166. The summed E-state index contributed by atoms with van der Waals surface area (Å²) >= 11 is 1.46. The second kappa shape index (κ2) is 7.21. The maximum Gasteiger partial charge on any atom is 0.233 e. The third-order valence-corrected chi connectivity index (χ3v) is 3.77. The number of aldehydes is 1. The lowest BCUT2D eigenvalue weighted by molar-refractivity contribution is -0.120. The molecule has 1 aromatic carbocycles. The normalized spacial score (nSPS) is 13.7. The summed E-state index contributed by atoms with van der Waals surface area (Å²) in [6.45, 7) is 5.90. The highest BCUT2D eigenvalue weighted by Crippen LogP contribution is 2.23. The Balaban J connectivity index is 2.60. The van der Waals surface area contributed by atoms with Gasteiger partial charge in [-0.1, -0.05) is 19.1 Å². The van der Waals surface area contributed by atoms with Crippen molar-refractivity contribution in [2.45, 2.75) is 43.4 Å². The van der Waals surface area contributed by atoms with Crippen LogP contribution in [0.15, 0.2) is 29.2 Å². The molecule has 0 saturated heterocycles. The lowest BCUT2D eigenvalue weighted by Crippen LogP contribution is -2.37. The number of amides is 1. The predicted molar refractivity (Wildman–Crippen MR) is 75.0 cm³/mol. The Bertz CT molecular complexity index is 420. The Kier molecular flexibility index (Phi) is 5.92. The summed E-state index contributed by atoms with van der Waals surface area (Å²) < 4.78 is 0. The molecule has 3 nitrogen and oxygen atoms in total. The van der Waals surface area contributed by atoms with Gasteiger partial charge in [-0.25, -0.2) is 0 Å². The van der Waals surface area contributed by atoms with Crippen LogP contribution in [0.2, 0.25) is 0 Å².